The van der Waals surface area contributed by atoms with Crippen LogP contribution in [-0.4, -0.2) is 116 Å². The SMILES string of the molecule is CC/C=C\C/C=C\C/C=C\C/C=C\C/C=C\CCCC(=O)NCCOCCNC(=O)c1ccc2c(C(=Nc3ccc(N(C)C(=O)CN4CCN(C)CC4)cc3)c3ccccc3)c(O)[nH]c2c1. The number of nitrogens with one attached hydrogen (secondary N) is 3. The van der Waals surface area contributed by atoms with Gasteiger partial charge in [0.05, 0.1) is 36.7 Å². The van der Waals surface area contributed by atoms with E-state index in [0.717, 1.165) is 82.4 Å². The maximum atomic E-state index is 13.1. The van der Waals surface area contributed by atoms with Crippen molar-refractivity contribution < 1.29 is 24.2 Å². The Kier molecular flexibility index (Phi) is 21.9. The van der Waals surface area contributed by atoms with E-state index in [4.69, 9.17) is 9.73 Å². The molecule has 3 aromatic carbocycles. The van der Waals surface area contributed by atoms with E-state index in [9.17, 15) is 19.5 Å². The highest BCUT2D eigenvalue weighted by Gasteiger charge is 2.22. The average Bonchev–Trinajstić information content (AvgIpc) is 3.66. The number of amides is 3. The molecule has 4 aromatic rings. The molecule has 0 unspecified atom stereocenters. The van der Waals surface area contributed by atoms with Gasteiger partial charge in [0.1, 0.15) is 0 Å². The number of ether oxygens (including phenoxy) is 1. The van der Waals surface area contributed by atoms with E-state index in [2.05, 4.69) is 100 Å². The Morgan fingerprint density at radius 2 is 1.39 bits per heavy atom. The second-order valence-corrected chi connectivity index (χ2v) is 16.3. The molecule has 1 aliphatic rings. The molecule has 3 amide bonds. The number of aromatic hydroxyl groups is 1. The van der Waals surface area contributed by atoms with Gasteiger partial charge in [-0.25, -0.2) is 4.99 Å². The number of piperazine rings is 1. The minimum Gasteiger partial charge on any atom is -0.494 e. The van der Waals surface area contributed by atoms with Gasteiger partial charge in [0.15, 0.2) is 5.88 Å². The number of anilines is 1. The third kappa shape index (κ3) is 17.2. The number of carbonyl (C=O) groups is 3. The van der Waals surface area contributed by atoms with Crippen molar-refractivity contribution in [2.75, 3.05) is 78.0 Å². The van der Waals surface area contributed by atoms with Gasteiger partial charge >= 0.3 is 0 Å². The van der Waals surface area contributed by atoms with Gasteiger partial charge in [-0.1, -0.05) is 104 Å². The third-order valence-electron chi connectivity index (χ3n) is 11.2. The highest BCUT2D eigenvalue weighted by molar-refractivity contribution is 6.22. The Bertz CT molecular complexity index is 2300. The van der Waals surface area contributed by atoms with E-state index in [1.54, 1.807) is 30.1 Å². The molecule has 2 heterocycles. The first-order valence-electron chi connectivity index (χ1n) is 23.4. The molecule has 0 aliphatic carbocycles. The molecule has 5 rings (SSSR count). The van der Waals surface area contributed by atoms with Crippen LogP contribution < -0.4 is 15.5 Å². The molecule has 4 N–H and O–H groups in total. The maximum absolute atomic E-state index is 13.1. The van der Waals surface area contributed by atoms with Crippen LogP contribution in [0.3, 0.4) is 0 Å². The number of benzene rings is 3. The Balaban J connectivity index is 1.02. The van der Waals surface area contributed by atoms with Crippen LogP contribution in [0.1, 0.15) is 79.8 Å². The second kappa shape index (κ2) is 28.5. The zero-order chi connectivity index (χ0) is 46.8. The van der Waals surface area contributed by atoms with Crippen LogP contribution in [0.15, 0.2) is 139 Å². The third-order valence-corrected chi connectivity index (χ3v) is 11.2. The summed E-state index contributed by atoms with van der Waals surface area (Å²) < 4.78 is 5.65. The number of aliphatic imine (C=N–C) groups is 1. The largest absolute Gasteiger partial charge is 0.494 e. The van der Waals surface area contributed by atoms with Crippen molar-refractivity contribution in [3.05, 3.63) is 150 Å². The molecule has 12 nitrogen and oxygen atoms in total. The first-order valence-corrected chi connectivity index (χ1v) is 23.4. The van der Waals surface area contributed by atoms with E-state index < -0.39 is 0 Å². The van der Waals surface area contributed by atoms with Crippen LogP contribution in [-0.2, 0) is 14.3 Å². The van der Waals surface area contributed by atoms with Gasteiger partial charge in [-0.15, -0.1) is 0 Å². The van der Waals surface area contributed by atoms with Crippen molar-refractivity contribution in [3.8, 4) is 5.88 Å². The molecule has 1 fully saturated rings. The number of rotatable bonds is 26. The number of aromatic amines is 1. The van der Waals surface area contributed by atoms with Crippen molar-refractivity contribution >= 4 is 45.7 Å². The predicted molar refractivity (Wildman–Crippen MR) is 270 cm³/mol. The summed E-state index contributed by atoms with van der Waals surface area (Å²) in [5.74, 6) is -0.315. The molecule has 0 saturated carbocycles. The molecule has 1 aliphatic heterocycles. The maximum Gasteiger partial charge on any atom is 0.251 e. The van der Waals surface area contributed by atoms with E-state index >= 15 is 0 Å². The first-order chi connectivity index (χ1) is 32.2. The lowest BCUT2D eigenvalue weighted by atomic mass is 10.00. The summed E-state index contributed by atoms with van der Waals surface area (Å²) in [6, 6.07) is 22.3. The Morgan fingerprint density at radius 3 is 2.05 bits per heavy atom. The summed E-state index contributed by atoms with van der Waals surface area (Å²) in [5, 5.41) is 17.8. The summed E-state index contributed by atoms with van der Waals surface area (Å²) in [5.41, 5.74) is 4.30. The fraction of sp³-hybridized carbons (Fsp3) is 0.370. The summed E-state index contributed by atoms with van der Waals surface area (Å²) in [7, 11) is 3.89. The standard InChI is InChI=1S/C54H69N7O5/c1-4-5-6-7-8-9-10-11-12-13-14-15-16-17-18-19-23-26-49(62)55-33-39-66-40-34-56-53(64)44-27-32-47-48(41-44)58-54(65)51(47)52(43-24-21-20-22-25-43)57-45-28-30-46(31-29-45)60(3)50(63)42-61-37-35-59(2)36-38-61/h5-6,8-9,11-12,14-15,17-18,20-22,24-25,27-32,41,58,65H,4,7,10,13,16,19,23,26,33-40,42H2,1-3H3,(H,55,62)(H,56,64)/b6-5-,9-8-,12-11-,15-14-,18-17-,57-52?. The second-order valence-electron chi connectivity index (χ2n) is 16.3. The monoisotopic (exact) mass is 896 g/mol. The van der Waals surface area contributed by atoms with Gasteiger partial charge in [0.2, 0.25) is 11.8 Å². The lowest BCUT2D eigenvalue weighted by Crippen LogP contribution is -2.48. The highest BCUT2D eigenvalue weighted by Crippen LogP contribution is 2.32. The summed E-state index contributed by atoms with van der Waals surface area (Å²) in [4.78, 5) is 52.6. The molecular formula is C54H69N7O5. The van der Waals surface area contributed by atoms with Crippen LogP contribution in [0.5, 0.6) is 5.88 Å². The molecule has 0 bridgehead atoms. The van der Waals surface area contributed by atoms with Gasteiger partial charge < -0.3 is 35.3 Å². The molecule has 1 aromatic heterocycles. The fourth-order valence-electron chi connectivity index (χ4n) is 7.29. The number of aromatic nitrogens is 1. The minimum absolute atomic E-state index is 0.00120. The van der Waals surface area contributed by atoms with E-state index in [1.807, 2.05) is 54.6 Å². The molecular weight excluding hydrogens is 827 g/mol. The number of H-pyrrole nitrogens is 1. The van der Waals surface area contributed by atoms with E-state index in [-0.39, 0.29) is 23.6 Å². The fourth-order valence-corrected chi connectivity index (χ4v) is 7.29. The van der Waals surface area contributed by atoms with Gasteiger partial charge in [0, 0.05) is 80.5 Å². The van der Waals surface area contributed by atoms with Crippen LogP contribution >= 0.6 is 0 Å². The lowest BCUT2D eigenvalue weighted by Gasteiger charge is -2.32. The van der Waals surface area contributed by atoms with Crippen molar-refractivity contribution in [2.45, 2.75) is 58.3 Å². The molecule has 0 atom stereocenters. The molecule has 12 heteroatoms. The summed E-state index contributed by atoms with van der Waals surface area (Å²) >= 11 is 0. The number of hydrogen-bond donors (Lipinski definition) is 4. The van der Waals surface area contributed by atoms with Gasteiger partial charge in [-0.2, -0.15) is 0 Å². The smallest absolute Gasteiger partial charge is 0.251 e. The van der Waals surface area contributed by atoms with Crippen LogP contribution in [0.2, 0.25) is 0 Å². The molecule has 1 saturated heterocycles. The zero-order valence-electron chi connectivity index (χ0n) is 39.1. The van der Waals surface area contributed by atoms with Crippen molar-refractivity contribution in [1.29, 1.82) is 0 Å². The number of unbranched alkanes of at least 4 members (excludes halogenated alkanes) is 1. The van der Waals surface area contributed by atoms with Crippen LogP contribution in [0.4, 0.5) is 11.4 Å². The Hall–Kier alpha value is -6.34. The highest BCUT2D eigenvalue weighted by atomic mass is 16.5. The summed E-state index contributed by atoms with van der Waals surface area (Å²) in [6.45, 7) is 7.49. The molecule has 66 heavy (non-hydrogen) atoms. The first kappa shape index (κ1) is 50.7. The topological polar surface area (TPSA) is 143 Å². The number of allylic oxidation sites excluding steroid dienone is 10. The van der Waals surface area contributed by atoms with Crippen LogP contribution in [0, 0.1) is 0 Å². The Labute approximate surface area is 391 Å². The summed E-state index contributed by atoms with van der Waals surface area (Å²) in [6.07, 6.45) is 28.7. The lowest BCUT2D eigenvalue weighted by molar-refractivity contribution is -0.121. The Morgan fingerprint density at radius 1 is 0.773 bits per heavy atom. The predicted octanol–water partition coefficient (Wildman–Crippen LogP) is 9.04. The number of hydrogen-bond acceptors (Lipinski definition) is 8. The van der Waals surface area contributed by atoms with Gasteiger partial charge in [-0.05, 0) is 88.4 Å². The van der Waals surface area contributed by atoms with Gasteiger partial charge in [0.25, 0.3) is 5.91 Å². The zero-order valence-corrected chi connectivity index (χ0v) is 39.1. The minimum atomic E-state index is -0.277. The molecule has 350 valence electrons. The normalized spacial score (nSPS) is 14.2. The molecule has 0 spiro atoms. The number of fused-ring (bicyclic) bond motifs is 1. The van der Waals surface area contributed by atoms with E-state index in [1.165, 1.54) is 0 Å². The van der Waals surface area contributed by atoms with Crippen molar-refractivity contribution in [2.24, 2.45) is 4.99 Å². The van der Waals surface area contributed by atoms with Crippen molar-refractivity contribution in [3.63, 3.8) is 0 Å². The van der Waals surface area contributed by atoms with E-state index in [0.29, 0.717) is 72.7 Å². The number of carbonyl (C=O) groups excluding carboxylic acids is 3. The van der Waals surface area contributed by atoms with Crippen molar-refractivity contribution in [1.82, 2.24) is 25.4 Å². The average molecular weight is 896 g/mol. The number of likely N-dealkylation sites (N-methyl/N-ethyl adjacent to an activating group) is 2. The van der Waals surface area contributed by atoms with Crippen LogP contribution in [0.25, 0.3) is 10.9 Å². The van der Waals surface area contributed by atoms with Gasteiger partial charge in [-0.3, -0.25) is 19.3 Å². The number of nitrogens with zero attached hydrogens (tertiary/aromatic N) is 4. The molecule has 0 radical (unpaired) electrons. The quantitative estimate of drug-likeness (QED) is 0.0280.